The van der Waals surface area contributed by atoms with Gasteiger partial charge in [0.1, 0.15) is 0 Å². The molecule has 0 saturated carbocycles. The highest BCUT2D eigenvalue weighted by atomic mass is 32.1. The third-order valence-electron chi connectivity index (χ3n) is 2.13. The molecule has 1 aromatic rings. The highest BCUT2D eigenvalue weighted by Crippen LogP contribution is 2.26. The second-order valence-corrected chi connectivity index (χ2v) is 4.50. The molecule has 0 bridgehead atoms. The molecule has 0 unspecified atom stereocenters. The number of carbonyl (C=O) groups is 1. The third-order valence-corrected chi connectivity index (χ3v) is 3.25. The molecular weight excluding hydrogens is 182 g/mol. The predicted octanol–water partition coefficient (Wildman–Crippen LogP) is 2.42. The standard InChI is InChI=1S/C10H15NOS/c1-5-11-10(12)9-6(2)7(3)13-8(9)4/h5H2,1-4H3,(H,11,12). The van der Waals surface area contributed by atoms with E-state index in [0.29, 0.717) is 6.54 Å². The van der Waals surface area contributed by atoms with Crippen LogP contribution in [-0.4, -0.2) is 12.5 Å². The van der Waals surface area contributed by atoms with Crippen molar-refractivity contribution in [3.8, 4) is 0 Å². The van der Waals surface area contributed by atoms with E-state index in [2.05, 4.69) is 12.2 Å². The van der Waals surface area contributed by atoms with E-state index in [1.165, 1.54) is 4.88 Å². The summed E-state index contributed by atoms with van der Waals surface area (Å²) in [6.45, 7) is 8.67. The summed E-state index contributed by atoms with van der Waals surface area (Å²) >= 11 is 1.69. The molecule has 3 heteroatoms. The van der Waals surface area contributed by atoms with Gasteiger partial charge in [-0.1, -0.05) is 0 Å². The number of hydrogen-bond donors (Lipinski definition) is 1. The van der Waals surface area contributed by atoms with E-state index < -0.39 is 0 Å². The molecular formula is C10H15NOS. The van der Waals surface area contributed by atoms with Gasteiger partial charge >= 0.3 is 0 Å². The van der Waals surface area contributed by atoms with Crippen molar-refractivity contribution in [2.75, 3.05) is 6.54 Å². The molecule has 1 aromatic heterocycles. The molecule has 2 nitrogen and oxygen atoms in total. The highest BCUT2D eigenvalue weighted by molar-refractivity contribution is 7.12. The highest BCUT2D eigenvalue weighted by Gasteiger charge is 2.15. The maximum absolute atomic E-state index is 11.6. The average Bonchev–Trinajstić information content (AvgIpc) is 2.27. The second-order valence-electron chi connectivity index (χ2n) is 3.07. The van der Waals surface area contributed by atoms with Gasteiger partial charge in [-0.15, -0.1) is 11.3 Å². The zero-order valence-corrected chi connectivity index (χ0v) is 9.34. The van der Waals surface area contributed by atoms with E-state index in [1.807, 2.05) is 20.8 Å². The van der Waals surface area contributed by atoms with Crippen molar-refractivity contribution in [1.82, 2.24) is 5.32 Å². The van der Waals surface area contributed by atoms with Crippen LogP contribution in [0, 0.1) is 20.8 Å². The zero-order valence-electron chi connectivity index (χ0n) is 8.52. The normalized spacial score (nSPS) is 10.2. The average molecular weight is 197 g/mol. The van der Waals surface area contributed by atoms with Gasteiger partial charge in [0.2, 0.25) is 0 Å². The van der Waals surface area contributed by atoms with Crippen molar-refractivity contribution in [2.24, 2.45) is 0 Å². The summed E-state index contributed by atoms with van der Waals surface area (Å²) in [5.74, 6) is 0.0573. The molecule has 1 heterocycles. The van der Waals surface area contributed by atoms with Gasteiger partial charge in [-0.05, 0) is 33.3 Å². The molecule has 0 aliphatic heterocycles. The number of rotatable bonds is 2. The van der Waals surface area contributed by atoms with Gasteiger partial charge in [0.15, 0.2) is 0 Å². The summed E-state index contributed by atoms with van der Waals surface area (Å²) < 4.78 is 0. The largest absolute Gasteiger partial charge is 0.352 e. The fourth-order valence-corrected chi connectivity index (χ4v) is 2.44. The Morgan fingerprint density at radius 3 is 2.31 bits per heavy atom. The Morgan fingerprint density at radius 2 is 1.92 bits per heavy atom. The van der Waals surface area contributed by atoms with Gasteiger partial charge in [-0.25, -0.2) is 0 Å². The van der Waals surface area contributed by atoms with Crippen LogP contribution in [0.5, 0.6) is 0 Å². The molecule has 0 radical (unpaired) electrons. The molecule has 1 amide bonds. The van der Waals surface area contributed by atoms with Crippen molar-refractivity contribution >= 4 is 17.2 Å². The Hall–Kier alpha value is -0.830. The number of hydrogen-bond acceptors (Lipinski definition) is 2. The minimum Gasteiger partial charge on any atom is -0.352 e. The molecule has 1 N–H and O–H groups in total. The van der Waals surface area contributed by atoms with Crippen molar-refractivity contribution < 1.29 is 4.79 Å². The van der Waals surface area contributed by atoms with Gasteiger partial charge in [0, 0.05) is 16.3 Å². The summed E-state index contributed by atoms with van der Waals surface area (Å²) in [6, 6.07) is 0. The second kappa shape index (κ2) is 3.92. The third kappa shape index (κ3) is 1.91. The maximum Gasteiger partial charge on any atom is 0.252 e. The van der Waals surface area contributed by atoms with Crippen LogP contribution in [0.3, 0.4) is 0 Å². The Kier molecular flexibility index (Phi) is 3.09. The maximum atomic E-state index is 11.6. The molecule has 0 spiro atoms. The lowest BCUT2D eigenvalue weighted by Gasteiger charge is -2.02. The van der Waals surface area contributed by atoms with Crippen LogP contribution >= 0.6 is 11.3 Å². The van der Waals surface area contributed by atoms with Crippen molar-refractivity contribution in [3.05, 3.63) is 20.9 Å². The molecule has 1 rings (SSSR count). The molecule has 0 saturated heterocycles. The van der Waals surface area contributed by atoms with Gasteiger partial charge in [-0.3, -0.25) is 4.79 Å². The monoisotopic (exact) mass is 197 g/mol. The minimum atomic E-state index is 0.0573. The fraction of sp³-hybridized carbons (Fsp3) is 0.500. The zero-order chi connectivity index (χ0) is 10.0. The SMILES string of the molecule is CCNC(=O)c1c(C)sc(C)c1C. The van der Waals surface area contributed by atoms with E-state index >= 15 is 0 Å². The van der Waals surface area contributed by atoms with Crippen molar-refractivity contribution in [2.45, 2.75) is 27.7 Å². The Morgan fingerprint density at radius 1 is 1.31 bits per heavy atom. The number of carbonyl (C=O) groups excluding carboxylic acids is 1. The Labute approximate surface area is 83.0 Å². The lowest BCUT2D eigenvalue weighted by Crippen LogP contribution is -2.23. The Bertz CT molecular complexity index is 328. The van der Waals surface area contributed by atoms with Crippen LogP contribution in [0.2, 0.25) is 0 Å². The number of aryl methyl sites for hydroxylation is 2. The predicted molar refractivity (Wildman–Crippen MR) is 56.5 cm³/mol. The number of thiophene rings is 1. The summed E-state index contributed by atoms with van der Waals surface area (Å²) in [5, 5.41) is 2.82. The van der Waals surface area contributed by atoms with Crippen LogP contribution in [0.25, 0.3) is 0 Å². The molecule has 0 aliphatic rings. The van der Waals surface area contributed by atoms with Crippen molar-refractivity contribution in [1.29, 1.82) is 0 Å². The molecule has 0 aromatic carbocycles. The Balaban J connectivity index is 3.06. The number of nitrogens with one attached hydrogen (secondary N) is 1. The topological polar surface area (TPSA) is 29.1 Å². The summed E-state index contributed by atoms with van der Waals surface area (Å²) in [7, 11) is 0. The number of amides is 1. The summed E-state index contributed by atoms with van der Waals surface area (Å²) in [5.41, 5.74) is 1.98. The van der Waals surface area contributed by atoms with Gasteiger partial charge < -0.3 is 5.32 Å². The summed E-state index contributed by atoms with van der Waals surface area (Å²) in [4.78, 5) is 13.9. The van der Waals surface area contributed by atoms with E-state index in [9.17, 15) is 4.79 Å². The molecule has 13 heavy (non-hydrogen) atoms. The van der Waals surface area contributed by atoms with E-state index in [1.54, 1.807) is 11.3 Å². The fourth-order valence-electron chi connectivity index (χ4n) is 1.38. The smallest absolute Gasteiger partial charge is 0.252 e. The molecule has 0 fully saturated rings. The molecule has 0 aliphatic carbocycles. The lowest BCUT2D eigenvalue weighted by molar-refractivity contribution is 0.0955. The van der Waals surface area contributed by atoms with Crippen LogP contribution in [-0.2, 0) is 0 Å². The van der Waals surface area contributed by atoms with Crippen molar-refractivity contribution in [3.63, 3.8) is 0 Å². The first-order valence-electron chi connectivity index (χ1n) is 4.42. The van der Waals surface area contributed by atoms with Crippen LogP contribution in [0.1, 0.15) is 32.6 Å². The van der Waals surface area contributed by atoms with E-state index in [-0.39, 0.29) is 5.91 Å². The summed E-state index contributed by atoms with van der Waals surface area (Å²) in [6.07, 6.45) is 0. The molecule has 72 valence electrons. The van der Waals surface area contributed by atoms with Gasteiger partial charge in [-0.2, -0.15) is 0 Å². The van der Waals surface area contributed by atoms with Gasteiger partial charge in [0.25, 0.3) is 5.91 Å². The quantitative estimate of drug-likeness (QED) is 0.775. The first-order chi connectivity index (χ1) is 6.07. The van der Waals surface area contributed by atoms with Crippen LogP contribution < -0.4 is 5.32 Å². The molecule has 0 atom stereocenters. The first kappa shape index (κ1) is 10.3. The van der Waals surface area contributed by atoms with E-state index in [4.69, 9.17) is 0 Å². The first-order valence-corrected chi connectivity index (χ1v) is 5.24. The van der Waals surface area contributed by atoms with E-state index in [0.717, 1.165) is 16.0 Å². The van der Waals surface area contributed by atoms with Crippen LogP contribution in [0.15, 0.2) is 0 Å². The minimum absolute atomic E-state index is 0.0573. The van der Waals surface area contributed by atoms with Gasteiger partial charge in [0.05, 0.1) is 5.56 Å². The van der Waals surface area contributed by atoms with Crippen LogP contribution in [0.4, 0.5) is 0 Å². The lowest BCUT2D eigenvalue weighted by atomic mass is 10.1.